The molecule has 0 amide bonds. The zero-order valence-corrected chi connectivity index (χ0v) is 10.4. The maximum absolute atomic E-state index is 9.32. The van der Waals surface area contributed by atoms with E-state index in [1.54, 1.807) is 0 Å². The van der Waals surface area contributed by atoms with Crippen LogP contribution in [0.25, 0.3) is 0 Å². The molecule has 0 spiro atoms. The number of hydrogen-bond acceptors (Lipinski definition) is 9. The van der Waals surface area contributed by atoms with Gasteiger partial charge in [-0.05, 0) is 0 Å². The third-order valence-corrected chi connectivity index (χ3v) is 1.80. The summed E-state index contributed by atoms with van der Waals surface area (Å²) in [6.45, 7) is 0. The van der Waals surface area contributed by atoms with Gasteiger partial charge in [-0.15, -0.1) is 0 Å². The quantitative estimate of drug-likeness (QED) is 0.188. The molecule has 0 heterocycles. The maximum Gasteiger partial charge on any atom is 0.0655 e. The van der Waals surface area contributed by atoms with Crippen molar-refractivity contribution in [1.82, 2.24) is 24.6 Å². The van der Waals surface area contributed by atoms with Gasteiger partial charge in [-0.25, -0.2) is 0 Å². The Morgan fingerprint density at radius 3 is 0.867 bits per heavy atom. The van der Waals surface area contributed by atoms with Crippen molar-refractivity contribution < 1.29 is 43.5 Å². The topological polar surface area (TPSA) is 322 Å². The van der Waals surface area contributed by atoms with Gasteiger partial charge in [0.2, 0.25) is 0 Å². The molecule has 0 saturated carbocycles. The number of phosphoric acid groups is 2. The first-order valence-corrected chi connectivity index (χ1v) is 4.58. The van der Waals surface area contributed by atoms with Gasteiger partial charge in [-0.2, -0.15) is 0 Å². The molecular formula is H18N4O9P2. The van der Waals surface area contributed by atoms with E-state index in [0.29, 0.717) is 0 Å². The summed E-state index contributed by atoms with van der Waals surface area (Å²) in [5, 5.41) is 12.0. The average molecular weight is 280 g/mol. The summed E-state index contributed by atoms with van der Waals surface area (Å²) >= 11 is 0. The van der Waals surface area contributed by atoms with Crippen LogP contribution >= 0.6 is 15.6 Å². The Hall–Kier alpha value is 0.0200. The van der Waals surface area contributed by atoms with Crippen molar-refractivity contribution in [2.24, 2.45) is 0 Å². The molecule has 0 rings (SSSR count). The number of hydrogen-bond donors (Lipinski definition) is 6. The van der Waals surface area contributed by atoms with E-state index in [-0.39, 0.29) is 24.6 Å². The van der Waals surface area contributed by atoms with E-state index in [1.165, 1.54) is 0 Å². The van der Waals surface area contributed by atoms with E-state index in [9.17, 15) is 28.7 Å². The van der Waals surface area contributed by atoms with Crippen molar-refractivity contribution in [3.63, 3.8) is 0 Å². The predicted octanol–water partition coefficient (Wildman–Crippen LogP) is -1.82. The van der Waals surface area contributed by atoms with E-state index in [4.69, 9.17) is 10.5 Å². The van der Waals surface area contributed by atoms with Crippen LogP contribution in [0.15, 0.2) is 0 Å². The van der Waals surface area contributed by atoms with Gasteiger partial charge < -0.3 is 57.6 Å². The normalized spacial score (nSPS) is 8.67. The van der Waals surface area contributed by atoms with Crippen LogP contribution in [0.3, 0.4) is 0 Å². The Kier molecular flexibility index (Phi) is 33.9. The fourth-order valence-electron chi connectivity index (χ4n) is 0.122. The lowest BCUT2D eigenvalue weighted by Gasteiger charge is -2.39. The standard InChI is InChI=1S/4H3N.H4O7P2.H2O2/c;;;;1-8(2,3)7-9(4,5)6;1-2/h4*1H3;(H2,1,2,3)(H2,4,5,6);1-2H. The summed E-state index contributed by atoms with van der Waals surface area (Å²) in [6, 6.07) is 0. The first-order valence-electron chi connectivity index (χ1n) is 1.66. The van der Waals surface area contributed by atoms with E-state index in [1.807, 2.05) is 0 Å². The molecular weight excluding hydrogens is 262 g/mol. The van der Waals surface area contributed by atoms with Gasteiger partial charge >= 0.3 is 0 Å². The van der Waals surface area contributed by atoms with E-state index < -0.39 is 15.6 Å². The molecule has 0 aliphatic rings. The molecule has 0 unspecified atom stereocenters. The minimum atomic E-state index is -5.68. The summed E-state index contributed by atoms with van der Waals surface area (Å²) in [5.41, 5.74) is 0. The third-order valence-electron chi connectivity index (χ3n) is 0.200. The predicted molar refractivity (Wildman–Crippen MR) is 45.5 cm³/mol. The smallest absolute Gasteiger partial charge is 0.0655 e. The second-order valence-corrected chi connectivity index (χ2v) is 3.42. The van der Waals surface area contributed by atoms with Gasteiger partial charge in [0.15, 0.2) is 0 Å². The van der Waals surface area contributed by atoms with Crippen LogP contribution in [0.2, 0.25) is 0 Å². The van der Waals surface area contributed by atoms with Gasteiger partial charge in [0, 0.05) is 0 Å². The molecule has 0 aromatic heterocycles. The molecule has 0 radical (unpaired) electrons. The van der Waals surface area contributed by atoms with Crippen LogP contribution in [-0.2, 0) is 13.4 Å². The van der Waals surface area contributed by atoms with E-state index in [2.05, 4.69) is 4.31 Å². The summed E-state index contributed by atoms with van der Waals surface area (Å²) in [6.07, 6.45) is 0. The SMILES string of the molecule is O=P([O-])([O-])OP(=O)([O-])[O-].OO.[NH4+].[NH4+].[NH4+].[NH4+]. The van der Waals surface area contributed by atoms with Gasteiger partial charge in [0.1, 0.15) is 0 Å². The van der Waals surface area contributed by atoms with Crippen LogP contribution in [0.4, 0.5) is 0 Å². The lowest BCUT2D eigenvalue weighted by atomic mass is 14.0. The molecule has 13 nitrogen and oxygen atoms in total. The second kappa shape index (κ2) is 14.0. The molecule has 0 bridgehead atoms. The Balaban J connectivity index is -0.0000000317. The molecule has 15 heavy (non-hydrogen) atoms. The lowest BCUT2D eigenvalue weighted by molar-refractivity contribution is -0.364. The minimum Gasteiger partial charge on any atom is -0.790 e. The zero-order chi connectivity index (χ0) is 9.71. The number of quaternary nitrogens is 4. The molecule has 15 heteroatoms. The van der Waals surface area contributed by atoms with Gasteiger partial charge in [-0.1, -0.05) is 0 Å². The van der Waals surface area contributed by atoms with Crippen LogP contribution < -0.4 is 44.2 Å². The van der Waals surface area contributed by atoms with Crippen molar-refractivity contribution in [3.05, 3.63) is 0 Å². The molecule has 0 aromatic carbocycles. The average Bonchev–Trinajstić information content (AvgIpc) is 1.60. The zero-order valence-electron chi connectivity index (χ0n) is 8.65. The molecule has 0 atom stereocenters. The molecule has 102 valence electrons. The Morgan fingerprint density at radius 1 is 0.733 bits per heavy atom. The highest BCUT2D eigenvalue weighted by atomic mass is 31.3. The summed E-state index contributed by atoms with van der Waals surface area (Å²) in [5.74, 6) is 0. The third kappa shape index (κ3) is 55.9. The van der Waals surface area contributed by atoms with Crippen LogP contribution in [0.5, 0.6) is 0 Å². The highest BCUT2D eigenvalue weighted by Crippen LogP contribution is 2.42. The van der Waals surface area contributed by atoms with Gasteiger partial charge in [0.25, 0.3) is 0 Å². The van der Waals surface area contributed by atoms with Crippen LogP contribution in [0, 0.1) is 0 Å². The molecule has 0 saturated heterocycles. The van der Waals surface area contributed by atoms with Crippen molar-refractivity contribution in [2.75, 3.05) is 0 Å². The first kappa shape index (κ1) is 36.3. The first-order chi connectivity index (χ1) is 4.71. The Morgan fingerprint density at radius 2 is 0.867 bits per heavy atom. The summed E-state index contributed by atoms with van der Waals surface area (Å²) in [4.78, 5) is 37.3. The van der Waals surface area contributed by atoms with E-state index in [0.717, 1.165) is 0 Å². The van der Waals surface area contributed by atoms with Crippen LogP contribution in [-0.4, -0.2) is 10.5 Å². The fraction of sp³-hybridized carbons (Fsp3) is 0. The highest BCUT2D eigenvalue weighted by molar-refractivity contribution is 7.57. The Labute approximate surface area is 84.8 Å². The number of rotatable bonds is 2. The molecule has 18 N–H and O–H groups in total. The lowest BCUT2D eigenvalue weighted by Crippen LogP contribution is -2.23. The Bertz CT molecular complexity index is 161. The molecule has 0 aromatic rings. The largest absolute Gasteiger partial charge is 0.790 e. The minimum absolute atomic E-state index is 0. The highest BCUT2D eigenvalue weighted by Gasteiger charge is 1.92. The van der Waals surface area contributed by atoms with Crippen LogP contribution in [0.1, 0.15) is 0 Å². The second-order valence-electron chi connectivity index (χ2n) is 0.976. The van der Waals surface area contributed by atoms with Crippen molar-refractivity contribution in [1.29, 1.82) is 0 Å². The molecule has 0 aliphatic heterocycles. The summed E-state index contributed by atoms with van der Waals surface area (Å²) in [7, 11) is -11.4. The maximum atomic E-state index is 9.32. The van der Waals surface area contributed by atoms with Crippen molar-refractivity contribution in [3.8, 4) is 0 Å². The van der Waals surface area contributed by atoms with E-state index >= 15 is 0 Å². The molecule has 0 aliphatic carbocycles. The van der Waals surface area contributed by atoms with Gasteiger partial charge in [-0.3, -0.25) is 10.5 Å². The van der Waals surface area contributed by atoms with Crippen molar-refractivity contribution in [2.45, 2.75) is 0 Å². The van der Waals surface area contributed by atoms with Crippen molar-refractivity contribution >= 4 is 15.6 Å². The van der Waals surface area contributed by atoms with Gasteiger partial charge in [0.05, 0.1) is 15.6 Å². The monoisotopic (exact) mass is 280 g/mol. The molecule has 0 fully saturated rings. The fourth-order valence-corrected chi connectivity index (χ4v) is 1.10. The summed E-state index contributed by atoms with van der Waals surface area (Å²) < 4.78 is 21.2.